The van der Waals surface area contributed by atoms with Crippen LogP contribution in [0, 0.1) is 0 Å². The Morgan fingerprint density at radius 3 is 2.10 bits per heavy atom. The Morgan fingerprint density at radius 2 is 1.62 bits per heavy atom. The van der Waals surface area contributed by atoms with Crippen molar-refractivity contribution in [3.63, 3.8) is 0 Å². The van der Waals surface area contributed by atoms with Crippen LogP contribution in [-0.2, 0) is 9.59 Å². The summed E-state index contributed by atoms with van der Waals surface area (Å²) in [5.74, 6) is -0.759. The van der Waals surface area contributed by atoms with E-state index in [0.29, 0.717) is 11.3 Å². The fourth-order valence-electron chi connectivity index (χ4n) is 1.63. The van der Waals surface area contributed by atoms with Crippen LogP contribution in [0.15, 0.2) is 24.3 Å². The average molecular weight is 291 g/mol. The van der Waals surface area contributed by atoms with Crippen LogP contribution in [0.2, 0.25) is 0 Å². The molecule has 0 aliphatic heterocycles. The highest BCUT2D eigenvalue weighted by molar-refractivity contribution is 5.97. The summed E-state index contributed by atoms with van der Waals surface area (Å²) in [6.45, 7) is 6.94. The zero-order valence-corrected chi connectivity index (χ0v) is 12.7. The number of rotatable bonds is 4. The molecular formula is C15H21N3O3. The fourth-order valence-corrected chi connectivity index (χ4v) is 1.63. The molecule has 0 bridgehead atoms. The first-order valence-electron chi connectivity index (χ1n) is 6.64. The van der Waals surface area contributed by atoms with Gasteiger partial charge < -0.3 is 16.0 Å². The Labute approximate surface area is 124 Å². The van der Waals surface area contributed by atoms with Crippen LogP contribution in [-0.4, -0.2) is 29.8 Å². The number of anilines is 1. The molecule has 21 heavy (non-hydrogen) atoms. The zero-order valence-electron chi connectivity index (χ0n) is 12.7. The summed E-state index contributed by atoms with van der Waals surface area (Å²) in [7, 11) is 0. The minimum atomic E-state index is -0.339. The lowest BCUT2D eigenvalue weighted by Gasteiger charge is -2.20. The van der Waals surface area contributed by atoms with Gasteiger partial charge in [0.1, 0.15) is 0 Å². The molecule has 0 aliphatic carbocycles. The van der Waals surface area contributed by atoms with E-state index in [1.165, 1.54) is 6.92 Å². The second kappa shape index (κ2) is 6.88. The van der Waals surface area contributed by atoms with Gasteiger partial charge in [-0.05, 0) is 45.0 Å². The first-order valence-corrected chi connectivity index (χ1v) is 6.64. The number of hydrogen-bond donors (Lipinski definition) is 3. The van der Waals surface area contributed by atoms with E-state index < -0.39 is 0 Å². The molecule has 0 atom stereocenters. The number of carbonyl (C=O) groups is 3. The topological polar surface area (TPSA) is 87.3 Å². The molecule has 0 aliphatic rings. The van der Waals surface area contributed by atoms with Gasteiger partial charge >= 0.3 is 0 Å². The van der Waals surface area contributed by atoms with Gasteiger partial charge in [0.15, 0.2) is 0 Å². The molecule has 0 radical (unpaired) electrons. The monoisotopic (exact) mass is 291 g/mol. The minimum Gasteiger partial charge on any atom is -0.350 e. The molecular weight excluding hydrogens is 270 g/mol. The smallest absolute Gasteiger partial charge is 0.251 e. The largest absolute Gasteiger partial charge is 0.350 e. The second-order valence-corrected chi connectivity index (χ2v) is 5.74. The van der Waals surface area contributed by atoms with Gasteiger partial charge in [-0.15, -0.1) is 0 Å². The lowest BCUT2D eigenvalue weighted by molar-refractivity contribution is -0.121. The minimum absolute atomic E-state index is 0.0798. The average Bonchev–Trinajstić information content (AvgIpc) is 2.34. The van der Waals surface area contributed by atoms with E-state index in [1.54, 1.807) is 24.3 Å². The molecule has 0 spiro atoms. The maximum atomic E-state index is 11.9. The molecule has 1 aromatic carbocycles. The van der Waals surface area contributed by atoms with Crippen molar-refractivity contribution in [2.45, 2.75) is 33.2 Å². The molecule has 0 heterocycles. The van der Waals surface area contributed by atoms with Crippen molar-refractivity contribution in [2.75, 3.05) is 11.9 Å². The number of carbonyl (C=O) groups excluding carboxylic acids is 3. The van der Waals surface area contributed by atoms with E-state index in [2.05, 4.69) is 16.0 Å². The number of hydrogen-bond acceptors (Lipinski definition) is 3. The van der Waals surface area contributed by atoms with Gasteiger partial charge in [0.25, 0.3) is 5.91 Å². The lowest BCUT2D eigenvalue weighted by atomic mass is 10.1. The second-order valence-electron chi connectivity index (χ2n) is 5.74. The third-order valence-electron chi connectivity index (χ3n) is 2.39. The molecule has 6 nitrogen and oxygen atoms in total. The summed E-state index contributed by atoms with van der Waals surface area (Å²) < 4.78 is 0. The molecule has 0 aromatic heterocycles. The molecule has 0 fully saturated rings. The van der Waals surface area contributed by atoms with Gasteiger partial charge in [0.05, 0.1) is 6.54 Å². The van der Waals surface area contributed by atoms with Crippen LogP contribution >= 0.6 is 0 Å². The predicted molar refractivity (Wildman–Crippen MR) is 81.0 cm³/mol. The normalized spacial score (nSPS) is 10.7. The molecule has 114 valence electrons. The SMILES string of the molecule is CC(=O)Nc1ccc(C(=O)NCC(=O)NC(C)(C)C)cc1. The molecule has 1 aromatic rings. The van der Waals surface area contributed by atoms with Crippen LogP contribution in [0.5, 0.6) is 0 Å². The van der Waals surface area contributed by atoms with Crippen LogP contribution < -0.4 is 16.0 Å². The Hall–Kier alpha value is -2.37. The summed E-state index contributed by atoms with van der Waals surface area (Å²) in [4.78, 5) is 34.4. The lowest BCUT2D eigenvalue weighted by Crippen LogP contribution is -2.45. The molecule has 1 rings (SSSR count). The van der Waals surface area contributed by atoms with E-state index in [0.717, 1.165) is 0 Å². The highest BCUT2D eigenvalue weighted by Crippen LogP contribution is 2.09. The summed E-state index contributed by atoms with van der Waals surface area (Å²) in [5.41, 5.74) is 0.708. The summed E-state index contributed by atoms with van der Waals surface area (Å²) in [6.07, 6.45) is 0. The standard InChI is InChI=1S/C15H21N3O3/c1-10(19)17-12-7-5-11(6-8-12)14(21)16-9-13(20)18-15(2,3)4/h5-8H,9H2,1-4H3,(H,16,21)(H,17,19)(H,18,20). The molecule has 3 amide bonds. The predicted octanol–water partition coefficient (Wildman–Crippen LogP) is 1.29. The maximum Gasteiger partial charge on any atom is 0.251 e. The molecule has 0 unspecified atom stereocenters. The quantitative estimate of drug-likeness (QED) is 0.781. The van der Waals surface area contributed by atoms with Crippen LogP contribution in [0.4, 0.5) is 5.69 Å². The third kappa shape index (κ3) is 6.56. The van der Waals surface area contributed by atoms with Crippen LogP contribution in [0.25, 0.3) is 0 Å². The Balaban J connectivity index is 2.52. The van der Waals surface area contributed by atoms with Gasteiger partial charge in [0, 0.05) is 23.7 Å². The van der Waals surface area contributed by atoms with Gasteiger partial charge in [-0.2, -0.15) is 0 Å². The fraction of sp³-hybridized carbons (Fsp3) is 0.400. The van der Waals surface area contributed by atoms with E-state index in [9.17, 15) is 14.4 Å². The van der Waals surface area contributed by atoms with Gasteiger partial charge in [0.2, 0.25) is 11.8 Å². The highest BCUT2D eigenvalue weighted by Gasteiger charge is 2.14. The zero-order chi connectivity index (χ0) is 16.0. The van der Waals surface area contributed by atoms with E-state index in [4.69, 9.17) is 0 Å². The first kappa shape index (κ1) is 16.7. The van der Waals surface area contributed by atoms with Crippen LogP contribution in [0.3, 0.4) is 0 Å². The van der Waals surface area contributed by atoms with Gasteiger partial charge in [-0.1, -0.05) is 0 Å². The summed E-state index contributed by atoms with van der Waals surface area (Å²) in [6, 6.07) is 6.43. The molecule has 0 saturated heterocycles. The maximum absolute atomic E-state index is 11.9. The number of amides is 3. The third-order valence-corrected chi connectivity index (χ3v) is 2.39. The van der Waals surface area contributed by atoms with Crippen molar-refractivity contribution in [3.05, 3.63) is 29.8 Å². The summed E-state index contributed by atoms with van der Waals surface area (Å²) in [5, 5.41) is 7.91. The number of benzene rings is 1. The van der Waals surface area contributed by atoms with Gasteiger partial charge in [-0.25, -0.2) is 0 Å². The highest BCUT2D eigenvalue weighted by atomic mass is 16.2. The first-order chi connectivity index (χ1) is 9.67. The van der Waals surface area contributed by atoms with Crippen molar-refractivity contribution in [2.24, 2.45) is 0 Å². The summed E-state index contributed by atoms with van der Waals surface area (Å²) >= 11 is 0. The van der Waals surface area contributed by atoms with Crippen molar-refractivity contribution < 1.29 is 14.4 Å². The van der Waals surface area contributed by atoms with E-state index in [-0.39, 0.29) is 29.8 Å². The van der Waals surface area contributed by atoms with Gasteiger partial charge in [-0.3, -0.25) is 14.4 Å². The van der Waals surface area contributed by atoms with Crippen molar-refractivity contribution in [1.82, 2.24) is 10.6 Å². The van der Waals surface area contributed by atoms with Crippen LogP contribution in [0.1, 0.15) is 38.1 Å². The van der Waals surface area contributed by atoms with E-state index in [1.807, 2.05) is 20.8 Å². The van der Waals surface area contributed by atoms with Crippen molar-refractivity contribution in [1.29, 1.82) is 0 Å². The molecule has 6 heteroatoms. The van der Waals surface area contributed by atoms with Crippen molar-refractivity contribution in [3.8, 4) is 0 Å². The Kier molecular flexibility index (Phi) is 5.46. The van der Waals surface area contributed by atoms with E-state index >= 15 is 0 Å². The van der Waals surface area contributed by atoms with Crippen molar-refractivity contribution >= 4 is 23.4 Å². The number of nitrogens with one attached hydrogen (secondary N) is 3. The molecule has 0 saturated carbocycles. The Bertz CT molecular complexity index is 530. The Morgan fingerprint density at radius 1 is 1.05 bits per heavy atom. The molecule has 3 N–H and O–H groups in total.